The van der Waals surface area contributed by atoms with Crippen LogP contribution in [0.2, 0.25) is 0 Å². The van der Waals surface area contributed by atoms with E-state index in [1.807, 2.05) is 24.3 Å². The molecule has 0 radical (unpaired) electrons. The normalized spacial score (nSPS) is 17.1. The van der Waals surface area contributed by atoms with E-state index >= 15 is 0 Å². The number of anilines is 2. The Morgan fingerprint density at radius 3 is 2.61 bits per heavy atom. The first kappa shape index (κ1) is 15.5. The lowest BCUT2D eigenvalue weighted by Gasteiger charge is -2.12. The fraction of sp³-hybridized carbons (Fsp3) is 0.333. The van der Waals surface area contributed by atoms with Crippen LogP contribution in [0.5, 0.6) is 17.2 Å². The third-order valence-electron chi connectivity index (χ3n) is 4.00. The van der Waals surface area contributed by atoms with Gasteiger partial charge in [-0.15, -0.1) is 0 Å². The highest BCUT2D eigenvalue weighted by Crippen LogP contribution is 2.28. The van der Waals surface area contributed by atoms with Crippen LogP contribution in [0.4, 0.5) is 11.4 Å². The number of nitrogens with one attached hydrogen (secondary N) is 1. The van der Waals surface area contributed by atoms with E-state index in [1.54, 1.807) is 18.2 Å². The number of rotatable bonds is 6. The minimum Gasteiger partial charge on any atom is -0.493 e. The van der Waals surface area contributed by atoms with Crippen molar-refractivity contribution in [3.05, 3.63) is 42.5 Å². The Morgan fingerprint density at radius 2 is 1.83 bits per heavy atom. The molecule has 0 aliphatic carbocycles. The van der Waals surface area contributed by atoms with Gasteiger partial charge in [0.05, 0.1) is 18.0 Å². The molecule has 122 valence electrons. The van der Waals surface area contributed by atoms with Crippen molar-refractivity contribution in [1.82, 2.24) is 5.32 Å². The van der Waals surface area contributed by atoms with Crippen LogP contribution in [0.1, 0.15) is 19.3 Å². The topological polar surface area (TPSA) is 82.5 Å². The number of hydrogen-bond acceptors (Lipinski definition) is 5. The molecule has 5 nitrogen and oxygen atoms in total. The van der Waals surface area contributed by atoms with Crippen molar-refractivity contribution in [2.45, 2.75) is 25.3 Å². The summed E-state index contributed by atoms with van der Waals surface area (Å²) in [6, 6.07) is 13.5. The Kier molecular flexibility index (Phi) is 4.88. The van der Waals surface area contributed by atoms with Gasteiger partial charge < -0.3 is 26.3 Å². The van der Waals surface area contributed by atoms with Crippen molar-refractivity contribution in [3.63, 3.8) is 0 Å². The van der Waals surface area contributed by atoms with E-state index in [1.165, 1.54) is 12.8 Å². The van der Waals surface area contributed by atoms with E-state index in [0.29, 0.717) is 35.5 Å². The predicted octanol–water partition coefficient (Wildman–Crippen LogP) is 3.16. The minimum absolute atomic E-state index is 0.513. The van der Waals surface area contributed by atoms with Crippen molar-refractivity contribution in [1.29, 1.82) is 0 Å². The Labute approximate surface area is 136 Å². The molecular formula is C18H23N3O2. The van der Waals surface area contributed by atoms with Crippen LogP contribution in [0.3, 0.4) is 0 Å². The molecular weight excluding hydrogens is 290 g/mol. The highest BCUT2D eigenvalue weighted by Gasteiger charge is 2.13. The summed E-state index contributed by atoms with van der Waals surface area (Å²) in [5.74, 6) is 2.18. The summed E-state index contributed by atoms with van der Waals surface area (Å²) in [6.45, 7) is 1.83. The third-order valence-corrected chi connectivity index (χ3v) is 4.00. The second kappa shape index (κ2) is 7.24. The van der Waals surface area contributed by atoms with E-state index < -0.39 is 0 Å². The maximum Gasteiger partial charge on any atom is 0.131 e. The zero-order valence-electron chi connectivity index (χ0n) is 13.1. The SMILES string of the molecule is Nc1ccc(Oc2cccc(OCCC3CCCN3)c2)cc1N. The Morgan fingerprint density at radius 1 is 1.00 bits per heavy atom. The molecule has 2 aromatic carbocycles. The number of hydrogen-bond donors (Lipinski definition) is 3. The van der Waals surface area contributed by atoms with Gasteiger partial charge in [-0.25, -0.2) is 0 Å². The number of nitrogens with two attached hydrogens (primary N) is 2. The Balaban J connectivity index is 1.56. The summed E-state index contributed by atoms with van der Waals surface area (Å²) >= 11 is 0. The smallest absolute Gasteiger partial charge is 0.131 e. The molecule has 1 unspecified atom stereocenters. The zero-order valence-corrected chi connectivity index (χ0v) is 13.1. The van der Waals surface area contributed by atoms with Crippen LogP contribution in [-0.2, 0) is 0 Å². The molecule has 1 atom stereocenters. The average molecular weight is 313 g/mol. The van der Waals surface area contributed by atoms with E-state index in [-0.39, 0.29) is 0 Å². The van der Waals surface area contributed by atoms with Crippen LogP contribution in [0.15, 0.2) is 42.5 Å². The van der Waals surface area contributed by atoms with Crippen molar-refractivity contribution in [2.24, 2.45) is 0 Å². The van der Waals surface area contributed by atoms with Gasteiger partial charge >= 0.3 is 0 Å². The highest BCUT2D eigenvalue weighted by atomic mass is 16.5. The Hall–Kier alpha value is -2.40. The first-order valence-corrected chi connectivity index (χ1v) is 8.00. The molecule has 0 saturated carbocycles. The third kappa shape index (κ3) is 4.29. The molecule has 1 heterocycles. The van der Waals surface area contributed by atoms with Crippen molar-refractivity contribution >= 4 is 11.4 Å². The van der Waals surface area contributed by atoms with Gasteiger partial charge in [-0.1, -0.05) is 6.07 Å². The van der Waals surface area contributed by atoms with Crippen LogP contribution >= 0.6 is 0 Å². The maximum atomic E-state index is 5.82. The van der Waals surface area contributed by atoms with Gasteiger partial charge in [0, 0.05) is 18.2 Å². The van der Waals surface area contributed by atoms with Crippen molar-refractivity contribution < 1.29 is 9.47 Å². The Bertz CT molecular complexity index is 654. The molecule has 23 heavy (non-hydrogen) atoms. The van der Waals surface area contributed by atoms with Gasteiger partial charge in [0.1, 0.15) is 17.2 Å². The van der Waals surface area contributed by atoms with Gasteiger partial charge in [-0.05, 0) is 50.1 Å². The molecule has 0 bridgehead atoms. The molecule has 3 rings (SSSR count). The van der Waals surface area contributed by atoms with Gasteiger partial charge in [0.15, 0.2) is 0 Å². The monoisotopic (exact) mass is 313 g/mol. The molecule has 1 saturated heterocycles. The fourth-order valence-electron chi connectivity index (χ4n) is 2.70. The number of ether oxygens (including phenoxy) is 2. The molecule has 2 aromatic rings. The quantitative estimate of drug-likeness (QED) is 0.714. The summed E-state index contributed by atoms with van der Waals surface area (Å²) in [5, 5.41) is 3.47. The van der Waals surface area contributed by atoms with Gasteiger partial charge in [-0.2, -0.15) is 0 Å². The van der Waals surface area contributed by atoms with Crippen molar-refractivity contribution in [3.8, 4) is 17.2 Å². The van der Waals surface area contributed by atoms with Crippen LogP contribution in [-0.4, -0.2) is 19.2 Å². The van der Waals surface area contributed by atoms with Gasteiger partial charge in [0.2, 0.25) is 0 Å². The maximum absolute atomic E-state index is 5.82. The largest absolute Gasteiger partial charge is 0.493 e. The second-order valence-corrected chi connectivity index (χ2v) is 5.80. The fourth-order valence-corrected chi connectivity index (χ4v) is 2.70. The summed E-state index contributed by atoms with van der Waals surface area (Å²) < 4.78 is 11.6. The van der Waals surface area contributed by atoms with Crippen LogP contribution in [0, 0.1) is 0 Å². The molecule has 1 aliphatic heterocycles. The minimum atomic E-state index is 0.513. The van der Waals surface area contributed by atoms with Gasteiger partial charge in [0.25, 0.3) is 0 Å². The first-order valence-electron chi connectivity index (χ1n) is 8.00. The second-order valence-electron chi connectivity index (χ2n) is 5.80. The van der Waals surface area contributed by atoms with Crippen LogP contribution in [0.25, 0.3) is 0 Å². The molecule has 5 heteroatoms. The standard InChI is InChI=1S/C18H23N3O2/c19-17-7-6-16(12-18(17)20)23-15-5-1-4-14(11-15)22-10-8-13-3-2-9-21-13/h1,4-7,11-13,21H,2-3,8-10,19-20H2. The van der Waals surface area contributed by atoms with Crippen molar-refractivity contribution in [2.75, 3.05) is 24.6 Å². The molecule has 0 spiro atoms. The number of nitrogen functional groups attached to an aromatic ring is 2. The van der Waals surface area contributed by atoms with E-state index in [9.17, 15) is 0 Å². The lowest BCUT2D eigenvalue weighted by molar-refractivity contribution is 0.291. The lowest BCUT2D eigenvalue weighted by Crippen LogP contribution is -2.23. The summed E-state index contributed by atoms with van der Waals surface area (Å²) in [7, 11) is 0. The predicted molar refractivity (Wildman–Crippen MR) is 92.9 cm³/mol. The first-order chi connectivity index (χ1) is 11.2. The molecule has 5 N–H and O–H groups in total. The van der Waals surface area contributed by atoms with Gasteiger partial charge in [-0.3, -0.25) is 0 Å². The molecule has 1 fully saturated rings. The molecule has 0 amide bonds. The van der Waals surface area contributed by atoms with E-state index in [4.69, 9.17) is 20.9 Å². The van der Waals surface area contributed by atoms with E-state index in [0.717, 1.165) is 18.7 Å². The molecule has 0 aromatic heterocycles. The summed E-state index contributed by atoms with van der Waals surface area (Å²) in [4.78, 5) is 0. The van der Waals surface area contributed by atoms with E-state index in [2.05, 4.69) is 5.32 Å². The number of benzene rings is 2. The zero-order chi connectivity index (χ0) is 16.1. The summed E-state index contributed by atoms with van der Waals surface area (Å²) in [5.41, 5.74) is 12.6. The molecule has 1 aliphatic rings. The van der Waals surface area contributed by atoms with Crippen LogP contribution < -0.4 is 26.3 Å². The summed E-state index contributed by atoms with van der Waals surface area (Å²) in [6.07, 6.45) is 3.53. The lowest BCUT2D eigenvalue weighted by atomic mass is 10.2. The highest BCUT2D eigenvalue weighted by molar-refractivity contribution is 5.65. The average Bonchev–Trinajstić information content (AvgIpc) is 3.05.